The number of furan rings is 1. The van der Waals surface area contributed by atoms with Crippen molar-refractivity contribution >= 4 is 52.3 Å². The summed E-state index contributed by atoms with van der Waals surface area (Å²) in [7, 11) is 1.98. The fourth-order valence-corrected chi connectivity index (χ4v) is 4.40. The van der Waals surface area contributed by atoms with Gasteiger partial charge in [-0.25, -0.2) is 4.98 Å². The molecule has 4 rings (SSSR count). The summed E-state index contributed by atoms with van der Waals surface area (Å²) < 4.78 is 6.97. The Morgan fingerprint density at radius 2 is 1.96 bits per heavy atom. The van der Waals surface area contributed by atoms with E-state index in [0.29, 0.717) is 17.4 Å². The molecule has 1 fully saturated rings. The van der Waals surface area contributed by atoms with E-state index in [4.69, 9.17) is 4.42 Å². The largest absolute Gasteiger partial charge is 0.448 e. The van der Waals surface area contributed by atoms with Crippen LogP contribution in [0.15, 0.2) is 40.8 Å². The molecular weight excluding hydrogens is 417 g/mol. The van der Waals surface area contributed by atoms with Crippen molar-refractivity contribution < 1.29 is 9.21 Å². The first-order valence-corrected chi connectivity index (χ1v) is 9.96. The Morgan fingerprint density at radius 1 is 1.21 bits per heavy atom. The van der Waals surface area contributed by atoms with E-state index in [2.05, 4.69) is 10.3 Å². The van der Waals surface area contributed by atoms with Crippen molar-refractivity contribution in [3.8, 4) is 10.8 Å². The van der Waals surface area contributed by atoms with E-state index in [0.717, 1.165) is 47.7 Å². The summed E-state index contributed by atoms with van der Waals surface area (Å²) in [5, 5.41) is 4.02. The smallest absolute Gasteiger partial charge is 0.289 e. The molecular formula is C20H25Cl2N3O2S. The molecule has 0 spiro atoms. The Hall–Kier alpha value is -1.60. The number of hydrogen-bond acceptors (Lipinski definition) is 5. The van der Waals surface area contributed by atoms with Gasteiger partial charge < -0.3 is 14.6 Å². The van der Waals surface area contributed by atoms with Crippen LogP contribution in [0.2, 0.25) is 0 Å². The van der Waals surface area contributed by atoms with Crippen LogP contribution in [0.4, 0.5) is 0 Å². The molecule has 1 aliphatic heterocycles. The first kappa shape index (κ1) is 22.7. The molecule has 0 bridgehead atoms. The second kappa shape index (κ2) is 10.3. The van der Waals surface area contributed by atoms with E-state index < -0.39 is 0 Å². The summed E-state index contributed by atoms with van der Waals surface area (Å²) in [4.78, 5) is 19.3. The topological polar surface area (TPSA) is 58.4 Å². The first-order chi connectivity index (χ1) is 12.7. The number of nitrogens with zero attached hydrogens (tertiary/aromatic N) is 2. The summed E-state index contributed by atoms with van der Waals surface area (Å²) >= 11 is 1.58. The van der Waals surface area contributed by atoms with Crippen molar-refractivity contribution in [1.29, 1.82) is 0 Å². The highest BCUT2D eigenvalue weighted by molar-refractivity contribution is 7.21. The molecule has 8 heteroatoms. The first-order valence-electron chi connectivity index (χ1n) is 9.14. The van der Waals surface area contributed by atoms with E-state index in [9.17, 15) is 4.79 Å². The highest BCUT2D eigenvalue weighted by Crippen LogP contribution is 2.31. The van der Waals surface area contributed by atoms with Crippen LogP contribution in [0.1, 0.15) is 29.8 Å². The third-order valence-electron chi connectivity index (χ3n) is 5.03. The summed E-state index contributed by atoms with van der Waals surface area (Å²) in [5.74, 6) is 1.78. The second-order valence-electron chi connectivity index (χ2n) is 6.78. The number of carbonyl (C=O) groups excluding carboxylic acids is 1. The highest BCUT2D eigenvalue weighted by atomic mass is 35.5. The van der Waals surface area contributed by atoms with E-state index in [1.165, 1.54) is 6.42 Å². The Kier molecular flexibility index (Phi) is 8.31. The van der Waals surface area contributed by atoms with Gasteiger partial charge in [-0.05, 0) is 63.0 Å². The van der Waals surface area contributed by atoms with Crippen molar-refractivity contribution in [3.05, 3.63) is 42.2 Å². The number of hydrogen-bond donors (Lipinski definition) is 1. The number of rotatable bonds is 5. The molecule has 0 aliphatic carbocycles. The molecule has 3 aromatic rings. The molecule has 3 heterocycles. The van der Waals surface area contributed by atoms with Crippen molar-refractivity contribution in [2.24, 2.45) is 5.92 Å². The van der Waals surface area contributed by atoms with Gasteiger partial charge >= 0.3 is 0 Å². The van der Waals surface area contributed by atoms with Crippen LogP contribution in [-0.4, -0.2) is 42.5 Å². The number of carbonyl (C=O) groups is 1. The Bertz CT molecular complexity index is 871. The molecule has 1 aliphatic rings. The van der Waals surface area contributed by atoms with Crippen LogP contribution in [-0.2, 0) is 0 Å². The number of nitrogens with one attached hydrogen (secondary N) is 1. The van der Waals surface area contributed by atoms with Gasteiger partial charge in [-0.15, -0.1) is 36.2 Å². The number of fused-ring (bicyclic) bond motifs is 1. The third kappa shape index (κ3) is 4.87. The monoisotopic (exact) mass is 441 g/mol. The molecule has 0 unspecified atom stereocenters. The van der Waals surface area contributed by atoms with Gasteiger partial charge in [-0.2, -0.15) is 0 Å². The Morgan fingerprint density at radius 3 is 2.68 bits per heavy atom. The average molecular weight is 442 g/mol. The van der Waals surface area contributed by atoms with Gasteiger partial charge in [0.25, 0.3) is 5.91 Å². The lowest BCUT2D eigenvalue weighted by molar-refractivity contribution is 0.0656. The number of likely N-dealkylation sites (tertiary alicyclic amines) is 1. The molecule has 1 aromatic carbocycles. The fraction of sp³-hybridized carbons (Fsp3) is 0.400. The molecule has 152 valence electrons. The van der Waals surface area contributed by atoms with E-state index >= 15 is 0 Å². The minimum absolute atomic E-state index is 0. The normalized spacial score (nSPS) is 14.5. The van der Waals surface area contributed by atoms with Crippen LogP contribution in [0.3, 0.4) is 0 Å². The number of halogens is 2. The zero-order valence-corrected chi connectivity index (χ0v) is 18.2. The summed E-state index contributed by atoms with van der Waals surface area (Å²) in [6.07, 6.45) is 3.32. The van der Waals surface area contributed by atoms with Crippen LogP contribution in [0.5, 0.6) is 0 Å². The van der Waals surface area contributed by atoms with Crippen molar-refractivity contribution in [1.82, 2.24) is 15.2 Å². The molecule has 28 heavy (non-hydrogen) atoms. The molecule has 1 N–H and O–H groups in total. The predicted octanol–water partition coefficient (Wildman–Crippen LogP) is 4.86. The number of thiazole rings is 1. The van der Waals surface area contributed by atoms with Crippen molar-refractivity contribution in [2.75, 3.05) is 26.7 Å². The van der Waals surface area contributed by atoms with Crippen LogP contribution >= 0.6 is 36.2 Å². The minimum atomic E-state index is -0.00979. The Labute approximate surface area is 181 Å². The number of para-hydroxylation sites is 1. The van der Waals surface area contributed by atoms with E-state index in [1.807, 2.05) is 42.3 Å². The van der Waals surface area contributed by atoms with Crippen LogP contribution < -0.4 is 5.32 Å². The maximum Gasteiger partial charge on any atom is 0.289 e. The molecule has 2 aromatic heterocycles. The third-order valence-corrected chi connectivity index (χ3v) is 6.08. The van der Waals surface area contributed by atoms with Crippen molar-refractivity contribution in [3.63, 3.8) is 0 Å². The highest BCUT2D eigenvalue weighted by Gasteiger charge is 2.25. The van der Waals surface area contributed by atoms with Gasteiger partial charge in [0.2, 0.25) is 0 Å². The van der Waals surface area contributed by atoms with E-state index in [-0.39, 0.29) is 30.7 Å². The molecule has 5 nitrogen and oxygen atoms in total. The number of aromatic nitrogens is 1. The number of piperidine rings is 1. The second-order valence-corrected chi connectivity index (χ2v) is 7.81. The van der Waals surface area contributed by atoms with Crippen LogP contribution in [0, 0.1) is 5.92 Å². The summed E-state index contributed by atoms with van der Waals surface area (Å²) in [6, 6.07) is 11.6. The summed E-state index contributed by atoms with van der Waals surface area (Å²) in [6.45, 7) is 2.66. The fourth-order valence-electron chi connectivity index (χ4n) is 3.47. The quantitative estimate of drug-likeness (QED) is 0.613. The minimum Gasteiger partial charge on any atom is -0.448 e. The molecule has 0 atom stereocenters. The SMILES string of the molecule is CNCCC1CCN(C(=O)c2ccc(-c3nc4ccccc4s3)o2)CC1.Cl.Cl. The lowest BCUT2D eigenvalue weighted by atomic mass is 9.93. The van der Waals surface area contributed by atoms with Gasteiger partial charge in [-0.1, -0.05) is 12.1 Å². The predicted molar refractivity (Wildman–Crippen MR) is 119 cm³/mol. The molecule has 1 saturated heterocycles. The summed E-state index contributed by atoms with van der Waals surface area (Å²) in [5.41, 5.74) is 0.959. The van der Waals surface area contributed by atoms with Crippen molar-refractivity contribution in [2.45, 2.75) is 19.3 Å². The van der Waals surface area contributed by atoms with Gasteiger partial charge in [0.15, 0.2) is 16.5 Å². The lowest BCUT2D eigenvalue weighted by Crippen LogP contribution is -2.38. The molecule has 0 radical (unpaired) electrons. The number of benzene rings is 1. The maximum absolute atomic E-state index is 12.7. The zero-order chi connectivity index (χ0) is 17.9. The van der Waals surface area contributed by atoms with E-state index in [1.54, 1.807) is 17.4 Å². The van der Waals surface area contributed by atoms with Crippen LogP contribution in [0.25, 0.3) is 21.0 Å². The molecule has 0 saturated carbocycles. The van der Waals surface area contributed by atoms with Gasteiger partial charge in [0.05, 0.1) is 10.2 Å². The standard InChI is InChI=1S/C20H23N3O2S.2ClH/c1-21-11-8-14-9-12-23(13-10-14)20(24)17-7-6-16(25-17)19-22-15-4-2-3-5-18(15)26-19;;/h2-7,14,21H,8-13H2,1H3;2*1H. The van der Waals surface area contributed by atoms with Gasteiger partial charge in [-0.3, -0.25) is 4.79 Å². The van der Waals surface area contributed by atoms with Gasteiger partial charge in [0.1, 0.15) is 0 Å². The van der Waals surface area contributed by atoms with Gasteiger partial charge in [0, 0.05) is 13.1 Å². The maximum atomic E-state index is 12.7. The zero-order valence-electron chi connectivity index (χ0n) is 15.7. The Balaban J connectivity index is 0.00000140. The number of amides is 1. The molecule has 1 amide bonds. The lowest BCUT2D eigenvalue weighted by Gasteiger charge is -2.31. The average Bonchev–Trinajstić information content (AvgIpc) is 3.33.